The number of carbonyl (C=O) groups is 2. The second-order valence-corrected chi connectivity index (χ2v) is 12.9. The van der Waals surface area contributed by atoms with Gasteiger partial charge in [-0.2, -0.15) is 0 Å². The first-order chi connectivity index (χ1) is 9.87. The zero-order valence-corrected chi connectivity index (χ0v) is 14.1. The normalized spacial score (nSPS) is 29.7. The van der Waals surface area contributed by atoms with Crippen LogP contribution < -0.4 is 4.90 Å². The van der Waals surface area contributed by atoms with Crippen molar-refractivity contribution in [1.82, 2.24) is 0 Å². The largest absolute Gasteiger partial charge is 0.274 e. The Balaban J connectivity index is 2.10. The van der Waals surface area contributed by atoms with Gasteiger partial charge in [-0.3, -0.25) is 14.5 Å². The summed E-state index contributed by atoms with van der Waals surface area (Å²) >= 11 is 0. The number of hydrogen-bond acceptors (Lipinski definition) is 2. The van der Waals surface area contributed by atoms with Crippen LogP contribution in [0.3, 0.4) is 0 Å². The van der Waals surface area contributed by atoms with Crippen molar-refractivity contribution in [3.05, 3.63) is 30.3 Å². The molecular weight excluding hydrogens is 278 g/mol. The van der Waals surface area contributed by atoms with Crippen molar-refractivity contribution in [1.29, 1.82) is 0 Å². The molecule has 1 saturated carbocycles. The number of fused-ring (bicyclic) bond motifs is 2. The Morgan fingerprint density at radius 1 is 1.14 bits per heavy atom. The van der Waals surface area contributed by atoms with Crippen molar-refractivity contribution < 1.29 is 9.59 Å². The number of piperidine rings is 1. The molecule has 2 atom stereocenters. The first-order valence-electron chi connectivity index (χ1n) is 7.80. The molecule has 2 aliphatic rings. The van der Waals surface area contributed by atoms with Crippen LogP contribution in [-0.4, -0.2) is 19.9 Å². The van der Waals surface area contributed by atoms with E-state index in [1.54, 1.807) is 0 Å². The van der Waals surface area contributed by atoms with E-state index in [1.165, 1.54) is 4.90 Å². The van der Waals surface area contributed by atoms with Gasteiger partial charge in [0, 0.05) is 11.0 Å². The first kappa shape index (κ1) is 14.5. The van der Waals surface area contributed by atoms with Crippen LogP contribution in [-0.2, 0) is 9.59 Å². The third-order valence-electron chi connectivity index (χ3n) is 5.38. The van der Waals surface area contributed by atoms with Gasteiger partial charge in [-0.05, 0) is 31.4 Å². The zero-order valence-electron chi connectivity index (χ0n) is 13.1. The number of benzene rings is 1. The van der Waals surface area contributed by atoms with Crippen LogP contribution in [0, 0.1) is 5.92 Å². The summed E-state index contributed by atoms with van der Waals surface area (Å²) in [6.07, 6.45) is 3.68. The molecule has 0 radical (unpaired) electrons. The van der Waals surface area contributed by atoms with E-state index in [4.69, 9.17) is 0 Å². The van der Waals surface area contributed by atoms with Crippen molar-refractivity contribution in [2.75, 3.05) is 4.90 Å². The van der Waals surface area contributed by atoms with Crippen LogP contribution >= 0.6 is 0 Å². The van der Waals surface area contributed by atoms with Gasteiger partial charge in [-0.25, -0.2) is 0 Å². The van der Waals surface area contributed by atoms with Crippen LogP contribution in [0.25, 0.3) is 0 Å². The molecule has 1 aromatic carbocycles. The topological polar surface area (TPSA) is 37.4 Å². The second-order valence-electron chi connectivity index (χ2n) is 7.44. The lowest BCUT2D eigenvalue weighted by Gasteiger charge is -2.52. The highest BCUT2D eigenvalue weighted by atomic mass is 28.3. The minimum atomic E-state index is -1.71. The highest BCUT2D eigenvalue weighted by Crippen LogP contribution is 2.57. The van der Waals surface area contributed by atoms with Crippen LogP contribution in [0.2, 0.25) is 24.7 Å². The van der Waals surface area contributed by atoms with Gasteiger partial charge >= 0.3 is 0 Å². The summed E-state index contributed by atoms with van der Waals surface area (Å²) in [6, 6.07) is 9.43. The predicted octanol–water partition coefficient (Wildman–Crippen LogP) is 3.83. The Hall–Kier alpha value is -1.42. The Morgan fingerprint density at radius 3 is 2.43 bits per heavy atom. The average molecular weight is 301 g/mol. The Kier molecular flexibility index (Phi) is 3.32. The molecule has 0 spiro atoms. The van der Waals surface area contributed by atoms with Crippen molar-refractivity contribution in [3.8, 4) is 0 Å². The van der Waals surface area contributed by atoms with Gasteiger partial charge in [0.2, 0.25) is 11.8 Å². The summed E-state index contributed by atoms with van der Waals surface area (Å²) in [5.74, 6) is 0.108. The van der Waals surface area contributed by atoms with E-state index in [0.29, 0.717) is 0 Å². The highest BCUT2D eigenvalue weighted by molar-refractivity contribution is 6.83. The van der Waals surface area contributed by atoms with E-state index >= 15 is 0 Å². The summed E-state index contributed by atoms with van der Waals surface area (Å²) in [7, 11) is -1.71. The minimum absolute atomic E-state index is 0.0137. The first-order valence-corrected chi connectivity index (χ1v) is 11.3. The smallest absolute Gasteiger partial charge is 0.237 e. The number of para-hydroxylation sites is 1. The van der Waals surface area contributed by atoms with Crippen molar-refractivity contribution >= 4 is 25.6 Å². The van der Waals surface area contributed by atoms with Crippen LogP contribution in [0.1, 0.15) is 25.7 Å². The maximum Gasteiger partial charge on any atom is 0.237 e. The molecule has 0 N–H and O–H groups in total. The maximum atomic E-state index is 13.3. The lowest BCUT2D eigenvalue weighted by molar-refractivity contribution is -0.136. The average Bonchev–Trinajstić information content (AvgIpc) is 2.46. The lowest BCUT2D eigenvalue weighted by atomic mass is 9.75. The molecule has 4 heteroatoms. The number of amides is 2. The summed E-state index contributed by atoms with van der Waals surface area (Å²) in [4.78, 5) is 27.5. The molecule has 1 aromatic rings. The van der Waals surface area contributed by atoms with Crippen LogP contribution in [0.5, 0.6) is 0 Å². The lowest BCUT2D eigenvalue weighted by Crippen LogP contribution is -2.61. The molecule has 1 heterocycles. The third kappa shape index (κ3) is 2.08. The highest BCUT2D eigenvalue weighted by Gasteiger charge is 2.59. The Morgan fingerprint density at radius 2 is 1.81 bits per heavy atom. The fourth-order valence-electron chi connectivity index (χ4n) is 4.00. The third-order valence-corrected chi connectivity index (χ3v) is 8.92. The Labute approximate surface area is 127 Å². The fourth-order valence-corrected chi connectivity index (χ4v) is 6.54. The predicted molar refractivity (Wildman–Crippen MR) is 86.9 cm³/mol. The quantitative estimate of drug-likeness (QED) is 0.615. The van der Waals surface area contributed by atoms with Gasteiger partial charge in [0.25, 0.3) is 0 Å². The molecule has 3 rings (SSSR count). The van der Waals surface area contributed by atoms with Gasteiger partial charge in [0.1, 0.15) is 0 Å². The SMILES string of the molecule is C[Si](C)(C)[C@]12CCC[C@H](C1)C(=O)N(c1ccccc1)C2=O. The molecule has 2 fully saturated rings. The molecule has 0 unspecified atom stereocenters. The van der Waals surface area contributed by atoms with Crippen LogP contribution in [0.4, 0.5) is 5.69 Å². The molecule has 0 aromatic heterocycles. The van der Waals surface area contributed by atoms with E-state index in [1.807, 2.05) is 30.3 Å². The van der Waals surface area contributed by atoms with Crippen molar-refractivity contribution in [2.24, 2.45) is 5.92 Å². The summed E-state index contributed by atoms with van der Waals surface area (Å²) in [6.45, 7) is 6.81. The van der Waals surface area contributed by atoms with Gasteiger partial charge in [0.15, 0.2) is 0 Å². The molecule has 1 aliphatic heterocycles. The van der Waals surface area contributed by atoms with Gasteiger partial charge < -0.3 is 0 Å². The molecule has 2 amide bonds. The van der Waals surface area contributed by atoms with Gasteiger partial charge in [-0.1, -0.05) is 44.3 Å². The van der Waals surface area contributed by atoms with E-state index in [9.17, 15) is 9.59 Å². The fraction of sp³-hybridized carbons (Fsp3) is 0.529. The standard InChI is InChI=1S/C17H23NO2Si/c1-21(2,3)17-11-7-8-13(12-17)15(19)18(16(17)20)14-9-5-4-6-10-14/h4-6,9-10,13H,7-8,11-12H2,1-3H3/t13-,17-/m1/s1. The van der Waals surface area contributed by atoms with E-state index < -0.39 is 8.07 Å². The summed E-state index contributed by atoms with van der Waals surface area (Å²) in [5, 5.41) is -0.264. The number of carbonyl (C=O) groups excluding carboxylic acids is 2. The maximum absolute atomic E-state index is 13.3. The molecule has 1 aliphatic carbocycles. The minimum Gasteiger partial charge on any atom is -0.274 e. The van der Waals surface area contributed by atoms with Crippen LogP contribution in [0.15, 0.2) is 30.3 Å². The number of imide groups is 1. The molecule has 3 nitrogen and oxygen atoms in total. The van der Waals surface area contributed by atoms with E-state index in [2.05, 4.69) is 19.6 Å². The van der Waals surface area contributed by atoms with Crippen molar-refractivity contribution in [2.45, 2.75) is 50.4 Å². The number of anilines is 1. The molecule has 112 valence electrons. The van der Waals surface area contributed by atoms with Crippen molar-refractivity contribution in [3.63, 3.8) is 0 Å². The molecule has 1 saturated heterocycles. The number of nitrogens with zero attached hydrogens (tertiary/aromatic N) is 1. The summed E-state index contributed by atoms with van der Waals surface area (Å²) < 4.78 is 0. The summed E-state index contributed by atoms with van der Waals surface area (Å²) in [5.41, 5.74) is 0.738. The Bertz CT molecular complexity index is 578. The van der Waals surface area contributed by atoms with E-state index in [0.717, 1.165) is 31.4 Å². The monoisotopic (exact) mass is 301 g/mol. The zero-order chi connectivity index (χ0) is 15.3. The number of rotatable bonds is 2. The molecular formula is C17H23NO2Si. The molecule has 2 bridgehead atoms. The van der Waals surface area contributed by atoms with Gasteiger partial charge in [0.05, 0.1) is 13.8 Å². The number of hydrogen-bond donors (Lipinski definition) is 0. The van der Waals surface area contributed by atoms with Gasteiger partial charge in [-0.15, -0.1) is 0 Å². The second kappa shape index (κ2) is 4.80. The molecule has 21 heavy (non-hydrogen) atoms. The van der Waals surface area contributed by atoms with E-state index in [-0.39, 0.29) is 22.8 Å².